The SMILES string of the molecule is CN(CCO[Si](c1ccccc1)(c1ccccc1)C(C)(C)C)C(N)C(F)C(F)F. The van der Waals surface area contributed by atoms with Gasteiger partial charge in [-0.25, -0.2) is 13.2 Å². The third-order valence-electron chi connectivity index (χ3n) is 5.26. The molecule has 2 aromatic rings. The predicted octanol–water partition coefficient (Wildman–Crippen LogP) is 3.38. The Labute approximate surface area is 172 Å². The van der Waals surface area contributed by atoms with Gasteiger partial charge < -0.3 is 10.2 Å². The van der Waals surface area contributed by atoms with Crippen LogP contribution in [0.15, 0.2) is 60.7 Å². The van der Waals surface area contributed by atoms with Gasteiger partial charge in [0.25, 0.3) is 14.7 Å². The lowest BCUT2D eigenvalue weighted by atomic mass is 10.2. The zero-order valence-electron chi connectivity index (χ0n) is 17.5. The summed E-state index contributed by atoms with van der Waals surface area (Å²) in [6.45, 7) is 6.97. The van der Waals surface area contributed by atoms with Crippen LogP contribution in [0, 0.1) is 0 Å². The number of halogens is 3. The highest BCUT2D eigenvalue weighted by Gasteiger charge is 2.50. The van der Waals surface area contributed by atoms with Crippen molar-refractivity contribution >= 4 is 18.7 Å². The summed E-state index contributed by atoms with van der Waals surface area (Å²) in [7, 11) is -1.17. The van der Waals surface area contributed by atoms with Crippen molar-refractivity contribution in [3.05, 3.63) is 60.7 Å². The fraction of sp³-hybridized carbons (Fsp3) is 0.455. The maximum Gasteiger partial charge on any atom is 0.272 e. The minimum Gasteiger partial charge on any atom is -0.406 e. The number of hydrogen-bond acceptors (Lipinski definition) is 3. The van der Waals surface area contributed by atoms with Gasteiger partial charge in [-0.2, -0.15) is 0 Å². The molecule has 2 unspecified atom stereocenters. The van der Waals surface area contributed by atoms with Crippen LogP contribution in [0.2, 0.25) is 5.04 Å². The molecule has 2 N–H and O–H groups in total. The molecule has 2 atom stereocenters. The molecular weight excluding hydrogens is 393 g/mol. The van der Waals surface area contributed by atoms with Crippen LogP contribution >= 0.6 is 0 Å². The molecule has 7 heteroatoms. The Balaban J connectivity index is 2.32. The first-order valence-corrected chi connectivity index (χ1v) is 11.6. The zero-order valence-corrected chi connectivity index (χ0v) is 18.5. The van der Waals surface area contributed by atoms with Crippen molar-refractivity contribution < 1.29 is 17.6 Å². The van der Waals surface area contributed by atoms with Crippen molar-refractivity contribution in [2.45, 2.75) is 44.6 Å². The van der Waals surface area contributed by atoms with Crippen molar-refractivity contribution in [1.82, 2.24) is 4.90 Å². The van der Waals surface area contributed by atoms with Gasteiger partial charge in [-0.15, -0.1) is 0 Å². The maximum absolute atomic E-state index is 13.6. The number of nitrogens with two attached hydrogens (primary N) is 1. The molecular formula is C22H31F3N2OSi. The van der Waals surface area contributed by atoms with E-state index in [0.29, 0.717) is 0 Å². The molecule has 0 aliphatic rings. The lowest BCUT2D eigenvalue weighted by Crippen LogP contribution is -2.67. The van der Waals surface area contributed by atoms with E-state index in [1.165, 1.54) is 11.9 Å². The van der Waals surface area contributed by atoms with Gasteiger partial charge in [0.15, 0.2) is 6.17 Å². The van der Waals surface area contributed by atoms with Crippen LogP contribution in [0.4, 0.5) is 13.2 Å². The van der Waals surface area contributed by atoms with Crippen molar-refractivity contribution in [2.24, 2.45) is 5.73 Å². The summed E-state index contributed by atoms with van der Waals surface area (Å²) in [6, 6.07) is 20.2. The molecule has 2 aromatic carbocycles. The standard InChI is InChI=1S/C22H31F3N2OSi/c1-22(2,3)29(17-11-7-5-8-12-17,18-13-9-6-10-14-18)28-16-15-27(4)21(26)19(23)20(24)25/h5-14,19-21H,15-16,26H2,1-4H3. The van der Waals surface area contributed by atoms with E-state index in [9.17, 15) is 13.2 Å². The highest BCUT2D eigenvalue weighted by molar-refractivity contribution is 6.99. The Bertz CT molecular complexity index is 701. The van der Waals surface area contributed by atoms with E-state index in [4.69, 9.17) is 10.2 Å². The monoisotopic (exact) mass is 424 g/mol. The highest BCUT2D eigenvalue weighted by Crippen LogP contribution is 2.36. The minimum atomic E-state index is -3.11. The minimum absolute atomic E-state index is 0.192. The smallest absolute Gasteiger partial charge is 0.272 e. The Morgan fingerprint density at radius 3 is 1.76 bits per heavy atom. The predicted molar refractivity (Wildman–Crippen MR) is 115 cm³/mol. The Hall–Kier alpha value is -1.67. The molecule has 0 bridgehead atoms. The number of alkyl halides is 3. The number of rotatable bonds is 9. The first-order valence-electron chi connectivity index (χ1n) is 9.74. The summed E-state index contributed by atoms with van der Waals surface area (Å²) in [5.41, 5.74) is 5.65. The Kier molecular flexibility index (Phi) is 8.05. The molecule has 29 heavy (non-hydrogen) atoms. The largest absolute Gasteiger partial charge is 0.406 e. The molecule has 0 saturated heterocycles. The normalized spacial score (nSPS) is 15.0. The number of nitrogens with zero attached hydrogens (tertiary/aromatic N) is 1. The first-order chi connectivity index (χ1) is 13.6. The molecule has 0 fully saturated rings. The van der Waals surface area contributed by atoms with Gasteiger partial charge in [-0.3, -0.25) is 4.90 Å². The second kappa shape index (κ2) is 9.89. The first kappa shape index (κ1) is 23.6. The van der Waals surface area contributed by atoms with Crippen LogP contribution in [0.25, 0.3) is 0 Å². The molecule has 0 amide bonds. The molecule has 0 aliphatic carbocycles. The van der Waals surface area contributed by atoms with Crippen molar-refractivity contribution in [3.8, 4) is 0 Å². The second-order valence-corrected chi connectivity index (χ2v) is 12.6. The van der Waals surface area contributed by atoms with E-state index in [1.807, 2.05) is 36.4 Å². The summed E-state index contributed by atoms with van der Waals surface area (Å²) in [4.78, 5) is 1.38. The Morgan fingerprint density at radius 1 is 0.931 bits per heavy atom. The molecule has 0 spiro atoms. The van der Waals surface area contributed by atoms with E-state index in [0.717, 1.165) is 10.4 Å². The van der Waals surface area contributed by atoms with Crippen molar-refractivity contribution in [2.75, 3.05) is 20.2 Å². The fourth-order valence-corrected chi connectivity index (χ4v) is 8.20. The number of likely N-dealkylation sites (N-methyl/N-ethyl adjacent to an activating group) is 1. The van der Waals surface area contributed by atoms with E-state index < -0.39 is 27.1 Å². The molecule has 0 radical (unpaired) electrons. The summed E-state index contributed by atoms with van der Waals surface area (Å²) in [5.74, 6) is 0. The Morgan fingerprint density at radius 2 is 1.38 bits per heavy atom. The average Bonchev–Trinajstić information content (AvgIpc) is 2.70. The third-order valence-corrected chi connectivity index (χ3v) is 10.3. The lowest BCUT2D eigenvalue weighted by molar-refractivity contribution is -0.00270. The van der Waals surface area contributed by atoms with Gasteiger partial charge in [-0.1, -0.05) is 81.4 Å². The lowest BCUT2D eigenvalue weighted by Gasteiger charge is -2.43. The van der Waals surface area contributed by atoms with E-state index in [-0.39, 0.29) is 18.2 Å². The van der Waals surface area contributed by atoms with Crippen LogP contribution in [0.3, 0.4) is 0 Å². The van der Waals surface area contributed by atoms with E-state index in [2.05, 4.69) is 45.0 Å². The van der Waals surface area contributed by atoms with Gasteiger partial charge in [0.05, 0.1) is 6.17 Å². The highest BCUT2D eigenvalue weighted by atomic mass is 28.4. The fourth-order valence-electron chi connectivity index (χ4n) is 3.65. The molecule has 3 nitrogen and oxygen atoms in total. The molecule has 0 saturated carbocycles. The molecule has 0 aromatic heterocycles. The molecule has 0 heterocycles. The zero-order chi connectivity index (χ0) is 21.7. The number of benzene rings is 2. The number of hydrogen-bond donors (Lipinski definition) is 1. The summed E-state index contributed by atoms with van der Waals surface area (Å²) >= 11 is 0. The van der Waals surface area contributed by atoms with Crippen LogP contribution < -0.4 is 16.1 Å². The van der Waals surface area contributed by atoms with Crippen LogP contribution in [0.1, 0.15) is 20.8 Å². The molecule has 0 aliphatic heterocycles. The van der Waals surface area contributed by atoms with E-state index >= 15 is 0 Å². The van der Waals surface area contributed by atoms with Crippen molar-refractivity contribution in [1.29, 1.82) is 0 Å². The van der Waals surface area contributed by atoms with Gasteiger partial charge in [0.1, 0.15) is 0 Å². The van der Waals surface area contributed by atoms with Gasteiger partial charge in [0.2, 0.25) is 0 Å². The second-order valence-electron chi connectivity index (χ2n) is 8.26. The molecule has 160 valence electrons. The van der Waals surface area contributed by atoms with Crippen LogP contribution in [-0.4, -0.2) is 52.2 Å². The van der Waals surface area contributed by atoms with Gasteiger partial charge in [-0.05, 0) is 22.5 Å². The van der Waals surface area contributed by atoms with E-state index in [1.54, 1.807) is 0 Å². The average molecular weight is 425 g/mol. The van der Waals surface area contributed by atoms with Crippen molar-refractivity contribution in [3.63, 3.8) is 0 Å². The van der Waals surface area contributed by atoms with Crippen LogP contribution in [0.5, 0.6) is 0 Å². The summed E-state index contributed by atoms with van der Waals surface area (Å²) in [6.07, 6.45) is -6.88. The topological polar surface area (TPSA) is 38.5 Å². The quantitative estimate of drug-likeness (QED) is 0.495. The summed E-state index contributed by atoms with van der Waals surface area (Å²) in [5, 5.41) is 2.06. The third kappa shape index (κ3) is 5.28. The van der Waals surface area contributed by atoms with Crippen LogP contribution in [-0.2, 0) is 4.43 Å². The van der Waals surface area contributed by atoms with Gasteiger partial charge >= 0.3 is 0 Å². The summed E-state index contributed by atoms with van der Waals surface area (Å²) < 4.78 is 45.5. The van der Waals surface area contributed by atoms with Gasteiger partial charge in [0, 0.05) is 13.2 Å². The molecule has 2 rings (SSSR count). The maximum atomic E-state index is 13.6.